The predicted octanol–water partition coefficient (Wildman–Crippen LogP) is 5.87. The Bertz CT molecular complexity index is 1150. The molecular formula is C24H19BrN2O3. The van der Waals surface area contributed by atoms with E-state index in [1.54, 1.807) is 19.4 Å². The normalized spacial score (nSPS) is 10.6. The number of benzene rings is 3. The molecule has 4 aromatic rings. The van der Waals surface area contributed by atoms with Crippen molar-refractivity contribution in [3.63, 3.8) is 0 Å². The van der Waals surface area contributed by atoms with Crippen LogP contribution in [0.25, 0.3) is 22.4 Å². The number of hydrogen-bond donors (Lipinski definition) is 1. The van der Waals surface area contributed by atoms with Crippen LogP contribution in [-0.4, -0.2) is 22.2 Å². The average molecular weight is 463 g/mol. The quantitative estimate of drug-likeness (QED) is 0.388. The second kappa shape index (κ2) is 8.97. The number of ether oxygens (including phenoxy) is 2. The summed E-state index contributed by atoms with van der Waals surface area (Å²) >= 11 is 3.42. The van der Waals surface area contributed by atoms with Gasteiger partial charge in [0.05, 0.1) is 12.8 Å². The molecule has 150 valence electrons. The van der Waals surface area contributed by atoms with Crippen LogP contribution in [0.3, 0.4) is 0 Å². The highest BCUT2D eigenvalue weighted by atomic mass is 79.9. The van der Waals surface area contributed by atoms with Crippen LogP contribution < -0.4 is 9.47 Å². The molecule has 0 amide bonds. The monoisotopic (exact) mass is 462 g/mol. The van der Waals surface area contributed by atoms with Gasteiger partial charge < -0.3 is 14.6 Å². The van der Waals surface area contributed by atoms with Gasteiger partial charge in [0, 0.05) is 27.9 Å². The zero-order valence-electron chi connectivity index (χ0n) is 16.2. The lowest BCUT2D eigenvalue weighted by molar-refractivity contribution is 0.304. The van der Waals surface area contributed by atoms with Crippen LogP contribution in [0.2, 0.25) is 0 Å². The maximum Gasteiger partial charge on any atom is 0.128 e. The van der Waals surface area contributed by atoms with E-state index in [-0.39, 0.29) is 5.75 Å². The van der Waals surface area contributed by atoms with E-state index in [0.717, 1.165) is 26.9 Å². The van der Waals surface area contributed by atoms with E-state index in [1.807, 2.05) is 60.7 Å². The highest BCUT2D eigenvalue weighted by Gasteiger charge is 2.14. The van der Waals surface area contributed by atoms with Crippen LogP contribution in [0, 0.1) is 0 Å². The van der Waals surface area contributed by atoms with E-state index in [4.69, 9.17) is 9.47 Å². The Morgan fingerprint density at radius 3 is 2.33 bits per heavy atom. The standard InChI is InChI=1S/C24H19BrN2O3/c1-29-19-8-4-17(5-9-19)22-13-26-15-27-24(22)21-11-10-20(12-23(21)28)30-14-16-2-6-18(25)7-3-16/h2-13,15,28H,14H2,1H3. The van der Waals surface area contributed by atoms with Gasteiger partial charge in [0.1, 0.15) is 30.2 Å². The molecular weight excluding hydrogens is 444 g/mol. The van der Waals surface area contributed by atoms with Crippen molar-refractivity contribution in [1.82, 2.24) is 9.97 Å². The molecule has 0 radical (unpaired) electrons. The molecule has 1 heterocycles. The minimum atomic E-state index is 0.0942. The Balaban J connectivity index is 1.59. The van der Waals surface area contributed by atoms with E-state index < -0.39 is 0 Å². The molecule has 30 heavy (non-hydrogen) atoms. The van der Waals surface area contributed by atoms with Crippen molar-refractivity contribution in [2.24, 2.45) is 0 Å². The first-order chi connectivity index (χ1) is 14.6. The van der Waals surface area contributed by atoms with E-state index in [0.29, 0.717) is 23.6 Å². The van der Waals surface area contributed by atoms with E-state index in [9.17, 15) is 5.11 Å². The molecule has 0 saturated heterocycles. The van der Waals surface area contributed by atoms with Crippen LogP contribution in [0.4, 0.5) is 0 Å². The Morgan fingerprint density at radius 2 is 1.63 bits per heavy atom. The summed E-state index contributed by atoms with van der Waals surface area (Å²) in [5.74, 6) is 1.45. The number of hydrogen-bond acceptors (Lipinski definition) is 5. The van der Waals surface area contributed by atoms with Crippen LogP contribution >= 0.6 is 15.9 Å². The minimum Gasteiger partial charge on any atom is -0.507 e. The molecule has 1 aromatic heterocycles. The molecule has 0 aliphatic carbocycles. The van der Waals surface area contributed by atoms with Crippen molar-refractivity contribution in [2.75, 3.05) is 7.11 Å². The second-order valence-corrected chi connectivity index (χ2v) is 7.52. The van der Waals surface area contributed by atoms with Gasteiger partial charge in [-0.05, 0) is 47.5 Å². The smallest absolute Gasteiger partial charge is 0.128 e. The van der Waals surface area contributed by atoms with Crippen molar-refractivity contribution in [3.05, 3.63) is 89.3 Å². The largest absolute Gasteiger partial charge is 0.507 e. The van der Waals surface area contributed by atoms with Gasteiger partial charge in [0.2, 0.25) is 0 Å². The fraction of sp³-hybridized carbons (Fsp3) is 0.0833. The van der Waals surface area contributed by atoms with E-state index in [1.165, 1.54) is 6.33 Å². The van der Waals surface area contributed by atoms with E-state index in [2.05, 4.69) is 25.9 Å². The Morgan fingerprint density at radius 1 is 0.900 bits per heavy atom. The summed E-state index contributed by atoms with van der Waals surface area (Å²) in [6, 6.07) is 20.8. The van der Waals surface area contributed by atoms with Gasteiger partial charge >= 0.3 is 0 Å². The highest BCUT2D eigenvalue weighted by Crippen LogP contribution is 2.37. The zero-order chi connectivity index (χ0) is 20.9. The number of nitrogens with zero attached hydrogens (tertiary/aromatic N) is 2. The van der Waals surface area contributed by atoms with Gasteiger partial charge in [-0.2, -0.15) is 0 Å². The van der Waals surface area contributed by atoms with Crippen LogP contribution in [0.1, 0.15) is 5.56 Å². The summed E-state index contributed by atoms with van der Waals surface area (Å²) in [4.78, 5) is 8.57. The van der Waals surface area contributed by atoms with Gasteiger partial charge in [0.25, 0.3) is 0 Å². The van der Waals surface area contributed by atoms with Crippen LogP contribution in [-0.2, 0) is 6.61 Å². The SMILES string of the molecule is COc1ccc(-c2cncnc2-c2ccc(OCc3ccc(Br)cc3)cc2O)cc1. The molecule has 0 bridgehead atoms. The molecule has 6 heteroatoms. The zero-order valence-corrected chi connectivity index (χ0v) is 17.8. The third-order valence-corrected chi connectivity index (χ3v) is 5.19. The topological polar surface area (TPSA) is 64.5 Å². The van der Waals surface area contributed by atoms with Crippen molar-refractivity contribution in [2.45, 2.75) is 6.61 Å². The lowest BCUT2D eigenvalue weighted by Gasteiger charge is -2.12. The van der Waals surface area contributed by atoms with Crippen molar-refractivity contribution in [1.29, 1.82) is 0 Å². The average Bonchev–Trinajstić information content (AvgIpc) is 2.79. The van der Waals surface area contributed by atoms with Gasteiger partial charge in [0.15, 0.2) is 0 Å². The van der Waals surface area contributed by atoms with Gasteiger partial charge in [-0.15, -0.1) is 0 Å². The summed E-state index contributed by atoms with van der Waals surface area (Å²) in [6.45, 7) is 0.413. The number of aromatic hydroxyl groups is 1. The molecule has 3 aromatic carbocycles. The Kier molecular flexibility index (Phi) is 5.95. The third-order valence-electron chi connectivity index (χ3n) is 4.66. The van der Waals surface area contributed by atoms with Crippen molar-refractivity contribution in [3.8, 4) is 39.6 Å². The van der Waals surface area contributed by atoms with Crippen LogP contribution in [0.15, 0.2) is 83.7 Å². The number of rotatable bonds is 6. The molecule has 1 N–H and O–H groups in total. The van der Waals surface area contributed by atoms with E-state index >= 15 is 0 Å². The summed E-state index contributed by atoms with van der Waals surface area (Å²) in [5.41, 5.74) is 4.05. The fourth-order valence-electron chi connectivity index (χ4n) is 3.07. The molecule has 0 fully saturated rings. The number of aromatic nitrogens is 2. The van der Waals surface area contributed by atoms with Gasteiger partial charge in [-0.25, -0.2) is 9.97 Å². The fourth-order valence-corrected chi connectivity index (χ4v) is 3.34. The molecule has 4 rings (SSSR count). The first-order valence-electron chi connectivity index (χ1n) is 9.29. The molecule has 0 saturated carbocycles. The molecule has 0 spiro atoms. The second-order valence-electron chi connectivity index (χ2n) is 6.61. The summed E-state index contributed by atoms with van der Waals surface area (Å²) in [6.07, 6.45) is 3.21. The number of phenols is 1. The first kappa shape index (κ1) is 19.9. The predicted molar refractivity (Wildman–Crippen MR) is 120 cm³/mol. The Labute approximate surface area is 183 Å². The summed E-state index contributed by atoms with van der Waals surface area (Å²) in [5, 5.41) is 10.7. The lowest BCUT2D eigenvalue weighted by atomic mass is 10.00. The summed E-state index contributed by atoms with van der Waals surface area (Å²) < 4.78 is 12.1. The maximum atomic E-state index is 10.7. The molecule has 0 unspecified atom stereocenters. The summed E-state index contributed by atoms with van der Waals surface area (Å²) in [7, 11) is 1.63. The molecule has 0 atom stereocenters. The van der Waals surface area contributed by atoms with Gasteiger partial charge in [-0.1, -0.05) is 40.2 Å². The maximum absolute atomic E-state index is 10.7. The highest BCUT2D eigenvalue weighted by molar-refractivity contribution is 9.10. The number of phenolic OH excluding ortho intramolecular Hbond substituents is 1. The number of methoxy groups -OCH3 is 1. The van der Waals surface area contributed by atoms with Crippen molar-refractivity contribution >= 4 is 15.9 Å². The Hall–Kier alpha value is -3.38. The molecule has 0 aliphatic heterocycles. The van der Waals surface area contributed by atoms with Crippen molar-refractivity contribution < 1.29 is 14.6 Å². The van der Waals surface area contributed by atoms with Crippen LogP contribution in [0.5, 0.6) is 17.2 Å². The molecule has 0 aliphatic rings. The third kappa shape index (κ3) is 4.44. The lowest BCUT2D eigenvalue weighted by Crippen LogP contribution is -1.96. The number of halogens is 1. The first-order valence-corrected chi connectivity index (χ1v) is 10.1. The molecule has 5 nitrogen and oxygen atoms in total. The van der Waals surface area contributed by atoms with Gasteiger partial charge in [-0.3, -0.25) is 0 Å². The minimum absolute atomic E-state index is 0.0942.